The van der Waals surface area contributed by atoms with Crippen molar-refractivity contribution in [2.24, 2.45) is 0 Å². The van der Waals surface area contributed by atoms with Gasteiger partial charge in [-0.15, -0.1) is 0 Å². The van der Waals surface area contributed by atoms with Gasteiger partial charge in [-0.3, -0.25) is 4.79 Å². The Morgan fingerprint density at radius 1 is 1.50 bits per heavy atom. The molecule has 6 nitrogen and oxygen atoms in total. The minimum atomic E-state index is -0.554. The molecular weight excluding hydrogens is 258 g/mol. The predicted octanol–water partition coefficient (Wildman–Crippen LogP) is 1.50. The summed E-state index contributed by atoms with van der Waals surface area (Å²) in [5.41, 5.74) is 1.09. The average Bonchev–Trinajstić information content (AvgIpc) is 2.91. The Labute approximate surface area is 117 Å². The molecule has 0 fully saturated rings. The number of hydrogen-bond donors (Lipinski definition) is 1. The van der Waals surface area contributed by atoms with E-state index >= 15 is 0 Å². The summed E-state index contributed by atoms with van der Waals surface area (Å²) >= 11 is 0. The molecule has 2 rings (SSSR count). The zero-order chi connectivity index (χ0) is 14.4. The van der Waals surface area contributed by atoms with Gasteiger partial charge < -0.3 is 14.6 Å². The second-order valence-electron chi connectivity index (χ2n) is 4.47. The van der Waals surface area contributed by atoms with Gasteiger partial charge in [0.2, 0.25) is 6.39 Å². The molecule has 1 N–H and O–H groups in total. The van der Waals surface area contributed by atoms with Crippen LogP contribution in [0.2, 0.25) is 0 Å². The molecule has 1 aromatic carbocycles. The highest BCUT2D eigenvalue weighted by molar-refractivity contribution is 5.80. The van der Waals surface area contributed by atoms with Gasteiger partial charge in [0.05, 0.1) is 0 Å². The van der Waals surface area contributed by atoms with Crippen LogP contribution in [0.15, 0.2) is 35.2 Å². The molecule has 20 heavy (non-hydrogen) atoms. The lowest BCUT2D eigenvalue weighted by Gasteiger charge is -2.14. The van der Waals surface area contributed by atoms with Gasteiger partial charge in [0, 0.05) is 13.0 Å². The van der Waals surface area contributed by atoms with Crippen LogP contribution in [-0.4, -0.2) is 28.7 Å². The topological polar surface area (TPSA) is 77.2 Å². The van der Waals surface area contributed by atoms with Crippen LogP contribution < -0.4 is 10.1 Å². The second-order valence-corrected chi connectivity index (χ2v) is 4.47. The fourth-order valence-electron chi connectivity index (χ4n) is 1.69. The molecule has 0 spiro atoms. The third-order valence-corrected chi connectivity index (χ3v) is 2.73. The first-order chi connectivity index (χ1) is 9.65. The predicted molar refractivity (Wildman–Crippen MR) is 72.3 cm³/mol. The molecular formula is C14H17N3O3. The number of rotatable bonds is 6. The van der Waals surface area contributed by atoms with Crippen molar-refractivity contribution in [3.63, 3.8) is 0 Å². The number of aromatic nitrogens is 2. The molecule has 0 saturated heterocycles. The molecule has 0 saturated carbocycles. The number of hydrogen-bond acceptors (Lipinski definition) is 5. The summed E-state index contributed by atoms with van der Waals surface area (Å²) in [6.07, 6.45) is 1.24. The summed E-state index contributed by atoms with van der Waals surface area (Å²) in [6.45, 7) is 4.13. The molecule has 1 heterocycles. The summed E-state index contributed by atoms with van der Waals surface area (Å²) in [4.78, 5) is 15.7. The van der Waals surface area contributed by atoms with Crippen molar-refractivity contribution in [3.8, 4) is 5.75 Å². The van der Waals surface area contributed by atoms with Crippen LogP contribution in [0.1, 0.15) is 18.3 Å². The lowest BCUT2D eigenvalue weighted by molar-refractivity contribution is -0.127. The van der Waals surface area contributed by atoms with E-state index in [1.807, 2.05) is 31.2 Å². The van der Waals surface area contributed by atoms with Crippen LogP contribution in [0.4, 0.5) is 0 Å². The number of carbonyl (C=O) groups excluding carboxylic acids is 1. The molecule has 1 amide bonds. The Morgan fingerprint density at radius 3 is 3.05 bits per heavy atom. The Balaban J connectivity index is 1.77. The largest absolute Gasteiger partial charge is 0.481 e. The summed E-state index contributed by atoms with van der Waals surface area (Å²) in [7, 11) is 0. The molecule has 106 valence electrons. The first kappa shape index (κ1) is 14.0. The molecule has 0 aliphatic rings. The molecule has 1 atom stereocenters. The average molecular weight is 275 g/mol. The summed E-state index contributed by atoms with van der Waals surface area (Å²) in [5, 5.41) is 6.44. The minimum absolute atomic E-state index is 0.171. The summed E-state index contributed by atoms with van der Waals surface area (Å²) in [6, 6.07) is 7.59. The number of ether oxygens (including phenoxy) is 1. The summed E-state index contributed by atoms with van der Waals surface area (Å²) < 4.78 is 10.2. The van der Waals surface area contributed by atoms with E-state index in [0.29, 0.717) is 24.5 Å². The molecule has 0 radical (unpaired) electrons. The van der Waals surface area contributed by atoms with Gasteiger partial charge in [-0.25, -0.2) is 0 Å². The van der Waals surface area contributed by atoms with Crippen LogP contribution in [0.25, 0.3) is 0 Å². The van der Waals surface area contributed by atoms with Crippen LogP contribution in [-0.2, 0) is 11.2 Å². The van der Waals surface area contributed by atoms with Crippen LogP contribution in [0, 0.1) is 6.92 Å². The van der Waals surface area contributed by atoms with Crippen molar-refractivity contribution in [1.82, 2.24) is 15.5 Å². The molecule has 0 bridgehead atoms. The van der Waals surface area contributed by atoms with E-state index in [4.69, 9.17) is 4.74 Å². The SMILES string of the molecule is Cc1cccc(O[C@H](C)C(=O)NCCc2ncon2)c1. The van der Waals surface area contributed by atoms with Crippen LogP contribution in [0.3, 0.4) is 0 Å². The fourth-order valence-corrected chi connectivity index (χ4v) is 1.69. The highest BCUT2D eigenvalue weighted by atomic mass is 16.5. The van der Waals surface area contributed by atoms with Crippen LogP contribution in [0.5, 0.6) is 5.75 Å². The lowest BCUT2D eigenvalue weighted by atomic mass is 10.2. The highest BCUT2D eigenvalue weighted by Gasteiger charge is 2.14. The van der Waals surface area contributed by atoms with Gasteiger partial charge in [0.25, 0.3) is 5.91 Å². The second kappa shape index (κ2) is 6.70. The number of benzene rings is 1. The third kappa shape index (κ3) is 4.08. The van der Waals surface area contributed by atoms with Gasteiger partial charge in [-0.2, -0.15) is 4.98 Å². The zero-order valence-corrected chi connectivity index (χ0v) is 11.5. The molecule has 0 aliphatic heterocycles. The number of nitrogens with zero attached hydrogens (tertiary/aromatic N) is 2. The van der Waals surface area contributed by atoms with E-state index in [0.717, 1.165) is 5.56 Å². The van der Waals surface area contributed by atoms with Gasteiger partial charge in [0.1, 0.15) is 5.75 Å². The van der Waals surface area contributed by atoms with Crippen molar-refractivity contribution in [3.05, 3.63) is 42.0 Å². The van der Waals surface area contributed by atoms with E-state index in [1.165, 1.54) is 6.39 Å². The maximum absolute atomic E-state index is 11.9. The number of carbonyl (C=O) groups is 1. The Bertz CT molecular complexity index is 555. The molecule has 1 aromatic heterocycles. The number of nitrogens with one attached hydrogen (secondary N) is 1. The third-order valence-electron chi connectivity index (χ3n) is 2.73. The van der Waals surface area contributed by atoms with Crippen molar-refractivity contribution >= 4 is 5.91 Å². The Hall–Kier alpha value is -2.37. The zero-order valence-electron chi connectivity index (χ0n) is 11.5. The Morgan fingerprint density at radius 2 is 2.35 bits per heavy atom. The van der Waals surface area contributed by atoms with E-state index in [2.05, 4.69) is 20.0 Å². The molecule has 0 aliphatic carbocycles. The summed E-state index contributed by atoms with van der Waals surface area (Å²) in [5.74, 6) is 1.08. The van der Waals surface area contributed by atoms with Crippen LogP contribution >= 0.6 is 0 Å². The van der Waals surface area contributed by atoms with Gasteiger partial charge in [0.15, 0.2) is 11.9 Å². The maximum atomic E-state index is 11.9. The van der Waals surface area contributed by atoms with E-state index in [1.54, 1.807) is 6.92 Å². The highest BCUT2D eigenvalue weighted by Crippen LogP contribution is 2.14. The Kier molecular flexibility index (Phi) is 4.70. The molecule has 0 unspecified atom stereocenters. The fraction of sp³-hybridized carbons (Fsp3) is 0.357. The van der Waals surface area contributed by atoms with E-state index in [-0.39, 0.29) is 5.91 Å². The monoisotopic (exact) mass is 275 g/mol. The minimum Gasteiger partial charge on any atom is -0.481 e. The quantitative estimate of drug-likeness (QED) is 0.864. The van der Waals surface area contributed by atoms with Gasteiger partial charge >= 0.3 is 0 Å². The first-order valence-electron chi connectivity index (χ1n) is 6.41. The smallest absolute Gasteiger partial charge is 0.260 e. The van der Waals surface area contributed by atoms with E-state index in [9.17, 15) is 4.79 Å². The standard InChI is InChI=1S/C14H17N3O3/c1-10-4-3-5-12(8-10)20-11(2)14(18)15-7-6-13-16-9-19-17-13/h3-5,8-9,11H,6-7H2,1-2H3,(H,15,18)/t11-/m1/s1. The van der Waals surface area contributed by atoms with Gasteiger partial charge in [-0.1, -0.05) is 17.3 Å². The normalized spacial score (nSPS) is 11.9. The molecule has 6 heteroatoms. The van der Waals surface area contributed by atoms with Crippen molar-refractivity contribution in [2.45, 2.75) is 26.4 Å². The number of amides is 1. The first-order valence-corrected chi connectivity index (χ1v) is 6.41. The van der Waals surface area contributed by atoms with Crippen molar-refractivity contribution in [2.75, 3.05) is 6.54 Å². The van der Waals surface area contributed by atoms with E-state index < -0.39 is 6.10 Å². The lowest BCUT2D eigenvalue weighted by Crippen LogP contribution is -2.37. The van der Waals surface area contributed by atoms with Gasteiger partial charge in [-0.05, 0) is 31.5 Å². The van der Waals surface area contributed by atoms with Crippen molar-refractivity contribution in [1.29, 1.82) is 0 Å². The molecule has 2 aromatic rings. The number of aryl methyl sites for hydroxylation is 1. The van der Waals surface area contributed by atoms with Crippen molar-refractivity contribution < 1.29 is 14.1 Å². The maximum Gasteiger partial charge on any atom is 0.260 e.